The monoisotopic (exact) mass is 372 g/mol. The minimum absolute atomic E-state index is 0.0207. The van der Waals surface area contributed by atoms with Crippen LogP contribution in [-0.4, -0.2) is 44.1 Å². The first-order valence-corrected chi connectivity index (χ1v) is 12.6. The number of unbranched alkanes of at least 4 members (excludes halogenated alkanes) is 1. The Morgan fingerprint density at radius 3 is 2.48 bits per heavy atom. The van der Waals surface area contributed by atoms with Crippen LogP contribution in [0.1, 0.15) is 67.2 Å². The third-order valence-corrected chi connectivity index (χ3v) is 9.82. The standard InChI is InChI=1S/C20H40O4Si/c1-16(24-25(7,8)19(2,3)4)12-10-9-11-13-17(21)14-18-15-22-20(5,6)23-18/h11,13,16-18,21H,9-10,12,14-15H2,1-8H3/b13-11-/t16-,17-,18-/m0/s1. The molecule has 0 amide bonds. The van der Waals surface area contributed by atoms with Gasteiger partial charge in [0, 0.05) is 12.5 Å². The molecule has 1 heterocycles. The van der Waals surface area contributed by atoms with Gasteiger partial charge in [-0.3, -0.25) is 0 Å². The molecule has 4 nitrogen and oxygen atoms in total. The van der Waals surface area contributed by atoms with E-state index in [4.69, 9.17) is 13.9 Å². The fourth-order valence-electron chi connectivity index (χ4n) is 2.74. The van der Waals surface area contributed by atoms with Gasteiger partial charge >= 0.3 is 0 Å². The number of aliphatic hydroxyl groups is 1. The van der Waals surface area contributed by atoms with Crippen LogP contribution >= 0.6 is 0 Å². The summed E-state index contributed by atoms with van der Waals surface area (Å²) in [5.41, 5.74) is 0. The summed E-state index contributed by atoms with van der Waals surface area (Å²) in [6.45, 7) is 18.0. The van der Waals surface area contributed by atoms with Crippen molar-refractivity contribution in [1.29, 1.82) is 0 Å². The summed E-state index contributed by atoms with van der Waals surface area (Å²) in [4.78, 5) is 0. The van der Waals surface area contributed by atoms with Crippen molar-refractivity contribution < 1.29 is 19.0 Å². The van der Waals surface area contributed by atoms with E-state index in [1.54, 1.807) is 0 Å². The highest BCUT2D eigenvalue weighted by molar-refractivity contribution is 6.74. The Bertz CT molecular complexity index is 426. The molecule has 1 aliphatic rings. The molecule has 0 aromatic heterocycles. The minimum atomic E-state index is -1.67. The molecular formula is C20H40O4Si. The van der Waals surface area contributed by atoms with Crippen LogP contribution in [-0.2, 0) is 13.9 Å². The summed E-state index contributed by atoms with van der Waals surface area (Å²) in [5.74, 6) is -0.519. The van der Waals surface area contributed by atoms with Crippen molar-refractivity contribution in [2.45, 2.75) is 109 Å². The van der Waals surface area contributed by atoms with Gasteiger partial charge in [-0.1, -0.05) is 32.9 Å². The van der Waals surface area contributed by atoms with E-state index in [0.29, 0.717) is 19.1 Å². The SMILES string of the molecule is C[C@@H](CCC/C=C\[C@H](O)C[C@H]1COC(C)(C)O1)O[Si](C)(C)C(C)(C)C. The van der Waals surface area contributed by atoms with Crippen LogP contribution in [0, 0.1) is 0 Å². The van der Waals surface area contributed by atoms with Gasteiger partial charge in [0.2, 0.25) is 0 Å². The predicted octanol–water partition coefficient (Wildman–Crippen LogP) is 5.03. The van der Waals surface area contributed by atoms with E-state index < -0.39 is 20.2 Å². The van der Waals surface area contributed by atoms with Gasteiger partial charge in [-0.2, -0.15) is 0 Å². The van der Waals surface area contributed by atoms with Crippen LogP contribution in [0.15, 0.2) is 12.2 Å². The fraction of sp³-hybridized carbons (Fsp3) is 0.900. The van der Waals surface area contributed by atoms with Crippen LogP contribution in [0.4, 0.5) is 0 Å². The molecule has 5 heteroatoms. The van der Waals surface area contributed by atoms with E-state index in [9.17, 15) is 5.11 Å². The Morgan fingerprint density at radius 1 is 1.32 bits per heavy atom. The number of allylic oxidation sites excluding steroid dienone is 1. The Hall–Kier alpha value is -0.203. The average Bonchev–Trinajstić information content (AvgIpc) is 2.75. The van der Waals surface area contributed by atoms with E-state index >= 15 is 0 Å². The highest BCUT2D eigenvalue weighted by Gasteiger charge is 2.38. The average molecular weight is 373 g/mol. The molecule has 0 bridgehead atoms. The maximum Gasteiger partial charge on any atom is 0.192 e. The first-order chi connectivity index (χ1) is 11.3. The van der Waals surface area contributed by atoms with Crippen molar-refractivity contribution in [3.8, 4) is 0 Å². The zero-order chi connectivity index (χ0) is 19.3. The van der Waals surface area contributed by atoms with Crippen LogP contribution in [0.25, 0.3) is 0 Å². The largest absolute Gasteiger partial charge is 0.414 e. The molecule has 0 saturated carbocycles. The zero-order valence-corrected chi connectivity index (χ0v) is 18.6. The van der Waals surface area contributed by atoms with E-state index in [-0.39, 0.29) is 11.1 Å². The Morgan fingerprint density at radius 2 is 1.96 bits per heavy atom. The second kappa shape index (κ2) is 9.13. The second-order valence-electron chi connectivity index (χ2n) is 9.30. The highest BCUT2D eigenvalue weighted by Crippen LogP contribution is 2.37. The van der Waals surface area contributed by atoms with E-state index in [1.165, 1.54) is 0 Å². The van der Waals surface area contributed by atoms with Crippen LogP contribution < -0.4 is 0 Å². The lowest BCUT2D eigenvalue weighted by atomic mass is 10.1. The summed E-state index contributed by atoms with van der Waals surface area (Å²) in [5, 5.41) is 10.3. The number of rotatable bonds is 9. The fourth-order valence-corrected chi connectivity index (χ4v) is 4.22. The topological polar surface area (TPSA) is 47.9 Å². The van der Waals surface area contributed by atoms with Crippen molar-refractivity contribution in [1.82, 2.24) is 0 Å². The number of ether oxygens (including phenoxy) is 2. The molecule has 1 fully saturated rings. The van der Waals surface area contributed by atoms with Crippen LogP contribution in [0.5, 0.6) is 0 Å². The van der Waals surface area contributed by atoms with Crippen LogP contribution in [0.2, 0.25) is 18.1 Å². The molecular weight excluding hydrogens is 332 g/mol. The van der Waals surface area contributed by atoms with Crippen molar-refractivity contribution in [2.24, 2.45) is 0 Å². The first-order valence-electron chi connectivity index (χ1n) is 9.67. The molecule has 1 aliphatic heterocycles. The van der Waals surface area contributed by atoms with E-state index in [2.05, 4.69) is 46.9 Å². The van der Waals surface area contributed by atoms with Crippen molar-refractivity contribution in [3.63, 3.8) is 0 Å². The first kappa shape index (κ1) is 22.8. The third kappa shape index (κ3) is 8.35. The smallest absolute Gasteiger partial charge is 0.192 e. The minimum Gasteiger partial charge on any atom is -0.414 e. The molecule has 0 aromatic carbocycles. The Kier molecular flexibility index (Phi) is 8.34. The number of aliphatic hydroxyl groups excluding tert-OH is 1. The second-order valence-corrected chi connectivity index (χ2v) is 14.1. The van der Waals surface area contributed by atoms with Gasteiger partial charge in [0.25, 0.3) is 0 Å². The maximum absolute atomic E-state index is 10.1. The highest BCUT2D eigenvalue weighted by atomic mass is 28.4. The maximum atomic E-state index is 10.1. The van der Waals surface area contributed by atoms with Crippen molar-refractivity contribution in [2.75, 3.05) is 6.61 Å². The van der Waals surface area contributed by atoms with Gasteiger partial charge < -0.3 is 19.0 Å². The van der Waals surface area contributed by atoms with E-state index in [1.807, 2.05) is 19.9 Å². The van der Waals surface area contributed by atoms with Crippen molar-refractivity contribution in [3.05, 3.63) is 12.2 Å². The summed E-state index contributed by atoms with van der Waals surface area (Å²) >= 11 is 0. The van der Waals surface area contributed by atoms with Gasteiger partial charge in [0.1, 0.15) is 0 Å². The van der Waals surface area contributed by atoms with E-state index in [0.717, 1.165) is 19.3 Å². The normalized spacial score (nSPS) is 24.0. The van der Waals surface area contributed by atoms with Gasteiger partial charge in [-0.15, -0.1) is 0 Å². The van der Waals surface area contributed by atoms with Crippen LogP contribution in [0.3, 0.4) is 0 Å². The van der Waals surface area contributed by atoms with Gasteiger partial charge in [0.15, 0.2) is 14.1 Å². The molecule has 1 N–H and O–H groups in total. The third-order valence-electron chi connectivity index (χ3n) is 5.21. The molecule has 0 radical (unpaired) electrons. The molecule has 3 atom stereocenters. The summed E-state index contributed by atoms with van der Waals surface area (Å²) in [7, 11) is -1.67. The van der Waals surface area contributed by atoms with Gasteiger partial charge in [-0.05, 0) is 58.2 Å². The summed E-state index contributed by atoms with van der Waals surface area (Å²) in [6, 6.07) is 0. The Labute approximate surface area is 156 Å². The summed E-state index contributed by atoms with van der Waals surface area (Å²) in [6.07, 6.45) is 7.45. The predicted molar refractivity (Wildman–Crippen MR) is 106 cm³/mol. The number of hydrogen-bond donors (Lipinski definition) is 1. The lowest BCUT2D eigenvalue weighted by Gasteiger charge is -2.38. The number of hydrogen-bond acceptors (Lipinski definition) is 4. The molecule has 1 saturated heterocycles. The Balaban J connectivity index is 2.21. The molecule has 1 rings (SSSR count). The molecule has 25 heavy (non-hydrogen) atoms. The lowest BCUT2D eigenvalue weighted by molar-refractivity contribution is -0.140. The van der Waals surface area contributed by atoms with Crippen molar-refractivity contribution >= 4 is 8.32 Å². The molecule has 0 unspecified atom stereocenters. The van der Waals surface area contributed by atoms with Gasteiger partial charge in [0.05, 0.1) is 18.8 Å². The molecule has 0 aliphatic carbocycles. The summed E-state index contributed by atoms with van der Waals surface area (Å²) < 4.78 is 17.6. The quantitative estimate of drug-likeness (QED) is 0.350. The molecule has 0 aromatic rings. The van der Waals surface area contributed by atoms with Gasteiger partial charge in [-0.25, -0.2) is 0 Å². The zero-order valence-electron chi connectivity index (χ0n) is 17.6. The molecule has 0 spiro atoms. The lowest BCUT2D eigenvalue weighted by Crippen LogP contribution is -2.43. The molecule has 148 valence electrons.